The van der Waals surface area contributed by atoms with Gasteiger partial charge in [0.15, 0.2) is 9.37 Å². The maximum atomic E-state index is 10.9. The fourth-order valence-corrected chi connectivity index (χ4v) is 3.43. The van der Waals surface area contributed by atoms with Gasteiger partial charge in [0.2, 0.25) is 0 Å². The molecule has 0 atom stereocenters. The molecule has 0 unspecified atom stereocenters. The Bertz CT molecular complexity index is 726. The summed E-state index contributed by atoms with van der Waals surface area (Å²) < 4.78 is 0.690. The van der Waals surface area contributed by atoms with E-state index in [0.717, 1.165) is 10.3 Å². The molecule has 0 aliphatic rings. The highest BCUT2D eigenvalue weighted by Crippen LogP contribution is 2.36. The highest BCUT2D eigenvalue weighted by molar-refractivity contribution is 8.01. The quantitative estimate of drug-likeness (QED) is 0.544. The molecule has 0 saturated heterocycles. The minimum atomic E-state index is -0.444. The topological polar surface area (TPSA) is 81.8 Å². The first kappa shape index (κ1) is 12.0. The zero-order chi connectivity index (χ0) is 13.2. The van der Waals surface area contributed by atoms with Gasteiger partial charge >= 0.3 is 5.69 Å². The standard InChI is InChI=1S/C11H6N4O2S2/c16-15(17)8-4-2-6-13-10(8)19-11-14-7-3-1-5-12-9(7)18-11/h1-6H. The second kappa shape index (κ2) is 4.90. The maximum Gasteiger partial charge on any atom is 0.301 e. The fraction of sp³-hybridized carbons (Fsp3) is 0. The van der Waals surface area contributed by atoms with Crippen LogP contribution in [0.1, 0.15) is 0 Å². The third-order valence-electron chi connectivity index (χ3n) is 2.28. The van der Waals surface area contributed by atoms with E-state index in [1.165, 1.54) is 35.4 Å². The van der Waals surface area contributed by atoms with Crippen LogP contribution in [0, 0.1) is 10.1 Å². The van der Waals surface area contributed by atoms with Crippen LogP contribution in [0.5, 0.6) is 0 Å². The molecule has 0 aliphatic heterocycles. The Morgan fingerprint density at radius 3 is 2.79 bits per heavy atom. The van der Waals surface area contributed by atoms with Crippen LogP contribution >= 0.6 is 23.1 Å². The van der Waals surface area contributed by atoms with E-state index in [0.29, 0.717) is 9.37 Å². The zero-order valence-electron chi connectivity index (χ0n) is 9.39. The summed E-state index contributed by atoms with van der Waals surface area (Å²) in [7, 11) is 0. The molecule has 3 aromatic heterocycles. The molecule has 0 amide bonds. The molecule has 19 heavy (non-hydrogen) atoms. The van der Waals surface area contributed by atoms with Gasteiger partial charge in [0, 0.05) is 18.5 Å². The highest BCUT2D eigenvalue weighted by Gasteiger charge is 2.17. The number of nitrogens with zero attached hydrogens (tertiary/aromatic N) is 4. The van der Waals surface area contributed by atoms with Crippen LogP contribution in [0.25, 0.3) is 10.3 Å². The lowest BCUT2D eigenvalue weighted by atomic mass is 10.4. The van der Waals surface area contributed by atoms with Gasteiger partial charge < -0.3 is 0 Å². The number of fused-ring (bicyclic) bond motifs is 1. The largest absolute Gasteiger partial charge is 0.301 e. The van der Waals surface area contributed by atoms with E-state index in [-0.39, 0.29) is 5.69 Å². The summed E-state index contributed by atoms with van der Waals surface area (Å²) in [5.74, 6) is 0. The molecule has 8 heteroatoms. The second-order valence-corrected chi connectivity index (χ2v) is 5.71. The molecule has 0 saturated carbocycles. The number of thiazole rings is 1. The lowest BCUT2D eigenvalue weighted by molar-refractivity contribution is -0.388. The van der Waals surface area contributed by atoms with Crippen molar-refractivity contribution in [1.82, 2.24) is 15.0 Å². The summed E-state index contributed by atoms with van der Waals surface area (Å²) >= 11 is 2.57. The van der Waals surface area contributed by atoms with Crippen molar-refractivity contribution in [3.63, 3.8) is 0 Å². The summed E-state index contributed by atoms with van der Waals surface area (Å²) in [4.78, 5) is 23.9. The highest BCUT2D eigenvalue weighted by atomic mass is 32.2. The van der Waals surface area contributed by atoms with Gasteiger partial charge in [0.1, 0.15) is 10.3 Å². The van der Waals surface area contributed by atoms with Crippen LogP contribution < -0.4 is 0 Å². The van der Waals surface area contributed by atoms with Gasteiger partial charge in [0.05, 0.1) is 4.92 Å². The SMILES string of the molecule is O=[N+]([O-])c1cccnc1Sc1nc2cccnc2s1. The smallest absolute Gasteiger partial charge is 0.258 e. The average molecular weight is 290 g/mol. The number of aromatic nitrogens is 3. The molecule has 3 aromatic rings. The number of nitro groups is 1. The van der Waals surface area contributed by atoms with Gasteiger partial charge in [-0.2, -0.15) is 0 Å². The Morgan fingerprint density at radius 2 is 2.00 bits per heavy atom. The first-order chi connectivity index (χ1) is 9.24. The third kappa shape index (κ3) is 2.40. The predicted molar refractivity (Wildman–Crippen MR) is 72.4 cm³/mol. The zero-order valence-corrected chi connectivity index (χ0v) is 11.0. The average Bonchev–Trinajstić information content (AvgIpc) is 2.81. The van der Waals surface area contributed by atoms with E-state index in [1.807, 2.05) is 6.07 Å². The van der Waals surface area contributed by atoms with Crippen LogP contribution in [-0.4, -0.2) is 19.9 Å². The molecular formula is C11H6N4O2S2. The first-order valence-electron chi connectivity index (χ1n) is 5.23. The van der Waals surface area contributed by atoms with E-state index >= 15 is 0 Å². The lowest BCUT2D eigenvalue weighted by Crippen LogP contribution is -1.92. The van der Waals surface area contributed by atoms with E-state index in [9.17, 15) is 10.1 Å². The first-order valence-corrected chi connectivity index (χ1v) is 6.86. The predicted octanol–water partition coefficient (Wildman–Crippen LogP) is 3.15. The van der Waals surface area contributed by atoms with Crippen molar-refractivity contribution in [1.29, 1.82) is 0 Å². The van der Waals surface area contributed by atoms with E-state index in [1.54, 1.807) is 18.3 Å². The van der Waals surface area contributed by atoms with Crippen LogP contribution in [-0.2, 0) is 0 Å². The monoisotopic (exact) mass is 290 g/mol. The number of hydrogen-bond acceptors (Lipinski definition) is 7. The minimum Gasteiger partial charge on any atom is -0.258 e. The fourth-order valence-electron chi connectivity index (χ4n) is 1.48. The van der Waals surface area contributed by atoms with Crippen molar-refractivity contribution in [3.8, 4) is 0 Å². The summed E-state index contributed by atoms with van der Waals surface area (Å²) in [6.45, 7) is 0. The van der Waals surface area contributed by atoms with Gasteiger partial charge in [-0.15, -0.1) is 0 Å². The molecule has 6 nitrogen and oxygen atoms in total. The van der Waals surface area contributed by atoms with Gasteiger partial charge in [-0.05, 0) is 30.0 Å². The molecule has 0 radical (unpaired) electrons. The Kier molecular flexibility index (Phi) is 3.10. The molecule has 94 valence electrons. The van der Waals surface area contributed by atoms with Crippen molar-refractivity contribution in [2.24, 2.45) is 0 Å². The summed E-state index contributed by atoms with van der Waals surface area (Å²) in [5.41, 5.74) is 0.772. The van der Waals surface area contributed by atoms with E-state index < -0.39 is 4.92 Å². The Labute approximate surface area is 115 Å². The van der Waals surface area contributed by atoms with Crippen molar-refractivity contribution in [3.05, 3.63) is 46.8 Å². The number of hydrogen-bond donors (Lipinski definition) is 0. The molecule has 3 heterocycles. The summed E-state index contributed by atoms with van der Waals surface area (Å²) in [6, 6.07) is 6.64. The van der Waals surface area contributed by atoms with Crippen LogP contribution in [0.2, 0.25) is 0 Å². The lowest BCUT2D eigenvalue weighted by Gasteiger charge is -1.97. The molecular weight excluding hydrogens is 284 g/mol. The van der Waals surface area contributed by atoms with Gasteiger partial charge in [-0.25, -0.2) is 15.0 Å². The number of pyridine rings is 2. The molecule has 0 aromatic carbocycles. The molecule has 0 bridgehead atoms. The Balaban J connectivity index is 1.99. The van der Waals surface area contributed by atoms with Crippen molar-refractivity contribution >= 4 is 39.1 Å². The molecule has 0 spiro atoms. The Hall–Kier alpha value is -2.06. The van der Waals surface area contributed by atoms with E-state index in [4.69, 9.17) is 0 Å². The van der Waals surface area contributed by atoms with Crippen LogP contribution in [0.4, 0.5) is 5.69 Å². The van der Waals surface area contributed by atoms with Gasteiger partial charge in [-0.1, -0.05) is 11.3 Å². The molecule has 0 aliphatic carbocycles. The Morgan fingerprint density at radius 1 is 1.21 bits per heavy atom. The minimum absolute atomic E-state index is 0.0142. The van der Waals surface area contributed by atoms with Crippen molar-refractivity contribution in [2.45, 2.75) is 9.37 Å². The van der Waals surface area contributed by atoms with Crippen LogP contribution in [0.3, 0.4) is 0 Å². The van der Waals surface area contributed by atoms with E-state index in [2.05, 4.69) is 15.0 Å². The summed E-state index contributed by atoms with van der Waals surface area (Å²) in [5, 5.41) is 11.2. The van der Waals surface area contributed by atoms with Crippen LogP contribution in [0.15, 0.2) is 46.0 Å². The molecule has 3 rings (SSSR count). The van der Waals surface area contributed by atoms with Gasteiger partial charge in [-0.3, -0.25) is 10.1 Å². The van der Waals surface area contributed by atoms with Crippen molar-refractivity contribution < 1.29 is 4.92 Å². The van der Waals surface area contributed by atoms with Gasteiger partial charge in [0.25, 0.3) is 0 Å². The molecule has 0 fully saturated rings. The third-order valence-corrected chi connectivity index (χ3v) is 4.33. The molecule has 0 N–H and O–H groups in total. The summed E-state index contributed by atoms with van der Waals surface area (Å²) in [6.07, 6.45) is 3.22. The second-order valence-electron chi connectivity index (χ2n) is 3.49. The normalized spacial score (nSPS) is 10.7. The number of rotatable bonds is 3. The van der Waals surface area contributed by atoms with Crippen molar-refractivity contribution in [2.75, 3.05) is 0 Å². The maximum absolute atomic E-state index is 10.9.